The number of hydrogen-bond donors (Lipinski definition) is 0. The Balaban J connectivity index is 0.000000191. The molecule has 0 atom stereocenters. The van der Waals surface area contributed by atoms with Crippen LogP contribution in [0.3, 0.4) is 0 Å². The molecule has 0 saturated carbocycles. The van der Waals surface area contributed by atoms with Gasteiger partial charge in [-0.2, -0.15) is 0 Å². The number of ether oxygens (including phenoxy) is 2. The minimum Gasteiger partial charge on any atom is -0.466 e. The number of rotatable bonds is 2. The van der Waals surface area contributed by atoms with Crippen LogP contribution in [0.15, 0.2) is 23.3 Å². The Morgan fingerprint density at radius 2 is 1.63 bits per heavy atom. The highest BCUT2D eigenvalue weighted by Crippen LogP contribution is 2.18. The Labute approximate surface area is 112 Å². The molecule has 2 rings (SSSR count). The average Bonchev–Trinajstić information content (AvgIpc) is 3.08. The minimum absolute atomic E-state index is 0.0143. The molecule has 0 spiro atoms. The van der Waals surface area contributed by atoms with Gasteiger partial charge in [-0.25, -0.2) is 9.59 Å². The Morgan fingerprint density at radius 1 is 1.00 bits per heavy atom. The van der Waals surface area contributed by atoms with E-state index in [0.717, 1.165) is 24.8 Å². The maximum absolute atomic E-state index is 10.7. The van der Waals surface area contributed by atoms with Crippen LogP contribution in [0.1, 0.15) is 32.1 Å². The summed E-state index contributed by atoms with van der Waals surface area (Å²) in [4.78, 5) is 32.0. The highest BCUT2D eigenvalue weighted by Gasteiger charge is 2.18. The van der Waals surface area contributed by atoms with Gasteiger partial charge >= 0.3 is 11.9 Å². The van der Waals surface area contributed by atoms with Crippen molar-refractivity contribution in [2.24, 2.45) is 0 Å². The van der Waals surface area contributed by atoms with Gasteiger partial charge in [0.1, 0.15) is 0 Å². The second-order valence-electron chi connectivity index (χ2n) is 4.24. The van der Waals surface area contributed by atoms with Crippen molar-refractivity contribution in [1.82, 2.24) is 0 Å². The monoisotopic (exact) mass is 266 g/mol. The summed E-state index contributed by atoms with van der Waals surface area (Å²) in [7, 11) is 2.73. The predicted molar refractivity (Wildman–Crippen MR) is 68.3 cm³/mol. The van der Waals surface area contributed by atoms with Crippen LogP contribution in [-0.4, -0.2) is 31.9 Å². The third-order valence-corrected chi connectivity index (χ3v) is 2.91. The van der Waals surface area contributed by atoms with Crippen LogP contribution < -0.4 is 0 Å². The lowest BCUT2D eigenvalue weighted by atomic mass is 10.2. The fraction of sp³-hybridized carbons (Fsp3) is 0.500. The SMILES string of the molecule is COC(=O)C1=CC(=O)CC1.COC(=O)C1=CCCC1. The van der Waals surface area contributed by atoms with Crippen LogP contribution >= 0.6 is 0 Å². The molecule has 0 unspecified atom stereocenters. The van der Waals surface area contributed by atoms with Crippen LogP contribution in [0.2, 0.25) is 0 Å². The number of esters is 2. The molecule has 0 bridgehead atoms. The Bertz CT molecular complexity index is 431. The number of carbonyl (C=O) groups excluding carboxylic acids is 3. The molecule has 104 valence electrons. The fourth-order valence-corrected chi connectivity index (χ4v) is 1.88. The zero-order chi connectivity index (χ0) is 14.3. The second-order valence-corrected chi connectivity index (χ2v) is 4.24. The normalized spacial score (nSPS) is 17.1. The summed E-state index contributed by atoms with van der Waals surface area (Å²) in [5.74, 6) is -0.529. The van der Waals surface area contributed by atoms with E-state index >= 15 is 0 Å². The van der Waals surface area contributed by atoms with E-state index in [0.29, 0.717) is 18.4 Å². The van der Waals surface area contributed by atoms with Gasteiger partial charge in [-0.3, -0.25) is 4.79 Å². The van der Waals surface area contributed by atoms with Crippen molar-refractivity contribution in [3.63, 3.8) is 0 Å². The van der Waals surface area contributed by atoms with Crippen LogP contribution in [-0.2, 0) is 23.9 Å². The molecule has 2 aliphatic rings. The predicted octanol–water partition coefficient (Wildman–Crippen LogP) is 1.72. The molecule has 0 fully saturated rings. The first-order valence-corrected chi connectivity index (χ1v) is 6.17. The summed E-state index contributed by atoms with van der Waals surface area (Å²) in [6.45, 7) is 0. The van der Waals surface area contributed by atoms with Crippen LogP contribution in [0.25, 0.3) is 0 Å². The number of hydrogen-bond acceptors (Lipinski definition) is 5. The molecule has 0 radical (unpaired) electrons. The van der Waals surface area contributed by atoms with Crippen LogP contribution in [0.4, 0.5) is 0 Å². The van der Waals surface area contributed by atoms with Gasteiger partial charge < -0.3 is 9.47 Å². The summed E-state index contributed by atoms with van der Waals surface area (Å²) in [5, 5.41) is 0. The highest BCUT2D eigenvalue weighted by molar-refractivity contribution is 6.03. The maximum Gasteiger partial charge on any atom is 0.333 e. The van der Waals surface area contributed by atoms with Gasteiger partial charge in [0.25, 0.3) is 0 Å². The molecule has 0 N–H and O–H groups in total. The van der Waals surface area contributed by atoms with E-state index < -0.39 is 0 Å². The van der Waals surface area contributed by atoms with Gasteiger partial charge in [0, 0.05) is 17.6 Å². The molecule has 5 heteroatoms. The third-order valence-electron chi connectivity index (χ3n) is 2.91. The van der Waals surface area contributed by atoms with Crippen molar-refractivity contribution in [3.8, 4) is 0 Å². The van der Waals surface area contributed by atoms with E-state index in [2.05, 4.69) is 9.47 Å². The number of methoxy groups -OCH3 is 2. The number of ketones is 1. The van der Waals surface area contributed by atoms with Gasteiger partial charge in [-0.1, -0.05) is 6.08 Å². The first-order chi connectivity index (χ1) is 9.08. The molecule has 5 nitrogen and oxygen atoms in total. The zero-order valence-corrected chi connectivity index (χ0v) is 11.2. The fourth-order valence-electron chi connectivity index (χ4n) is 1.88. The first kappa shape index (κ1) is 15.1. The molecule has 2 aliphatic carbocycles. The molecule has 0 aromatic carbocycles. The molecule has 19 heavy (non-hydrogen) atoms. The van der Waals surface area contributed by atoms with E-state index in [1.54, 1.807) is 0 Å². The van der Waals surface area contributed by atoms with Crippen molar-refractivity contribution in [1.29, 1.82) is 0 Å². The minimum atomic E-state index is -0.383. The van der Waals surface area contributed by atoms with Gasteiger partial charge in [-0.15, -0.1) is 0 Å². The van der Waals surface area contributed by atoms with Gasteiger partial charge in [0.15, 0.2) is 5.78 Å². The highest BCUT2D eigenvalue weighted by atomic mass is 16.5. The van der Waals surface area contributed by atoms with Crippen molar-refractivity contribution >= 4 is 17.7 Å². The molecule has 0 amide bonds. The quantitative estimate of drug-likeness (QED) is 0.712. The van der Waals surface area contributed by atoms with E-state index in [4.69, 9.17) is 0 Å². The summed E-state index contributed by atoms with van der Waals surface area (Å²) in [6.07, 6.45) is 7.31. The van der Waals surface area contributed by atoms with Crippen molar-refractivity contribution in [3.05, 3.63) is 23.3 Å². The summed E-state index contributed by atoms with van der Waals surface area (Å²) >= 11 is 0. The molecule has 0 aromatic rings. The number of allylic oxidation sites excluding steroid dienone is 2. The maximum atomic E-state index is 10.7. The lowest BCUT2D eigenvalue weighted by Gasteiger charge is -1.95. The van der Waals surface area contributed by atoms with Crippen LogP contribution in [0, 0.1) is 0 Å². The lowest BCUT2D eigenvalue weighted by Crippen LogP contribution is -2.01. The Morgan fingerprint density at radius 3 is 2.05 bits per heavy atom. The van der Waals surface area contributed by atoms with Crippen molar-refractivity contribution in [2.75, 3.05) is 14.2 Å². The van der Waals surface area contributed by atoms with Gasteiger partial charge in [0.2, 0.25) is 0 Å². The Hall–Kier alpha value is -1.91. The summed E-state index contributed by atoms with van der Waals surface area (Å²) in [5.41, 5.74) is 1.34. The molecular formula is C14H18O5. The summed E-state index contributed by atoms with van der Waals surface area (Å²) < 4.78 is 8.95. The van der Waals surface area contributed by atoms with Gasteiger partial charge in [0.05, 0.1) is 14.2 Å². The standard InChI is InChI=1S/C7H8O3.C7H10O2/c1-10-7(9)5-2-3-6(8)4-5;1-9-7(8)6-4-2-3-5-6/h4H,2-3H2,1H3;4H,2-3,5H2,1H3. The van der Waals surface area contributed by atoms with E-state index in [-0.39, 0.29) is 17.7 Å². The zero-order valence-electron chi connectivity index (χ0n) is 11.2. The average molecular weight is 266 g/mol. The van der Waals surface area contributed by atoms with Crippen molar-refractivity contribution < 1.29 is 23.9 Å². The lowest BCUT2D eigenvalue weighted by molar-refractivity contribution is -0.137. The smallest absolute Gasteiger partial charge is 0.333 e. The largest absolute Gasteiger partial charge is 0.466 e. The van der Waals surface area contributed by atoms with E-state index in [9.17, 15) is 14.4 Å². The van der Waals surface area contributed by atoms with Gasteiger partial charge in [-0.05, 0) is 31.8 Å². The first-order valence-electron chi connectivity index (χ1n) is 6.17. The van der Waals surface area contributed by atoms with Crippen LogP contribution in [0.5, 0.6) is 0 Å². The topological polar surface area (TPSA) is 69.7 Å². The molecule has 0 saturated heterocycles. The summed E-state index contributed by atoms with van der Waals surface area (Å²) in [6, 6.07) is 0. The molecule has 0 aromatic heterocycles. The van der Waals surface area contributed by atoms with E-state index in [1.807, 2.05) is 6.08 Å². The molecular weight excluding hydrogens is 248 g/mol. The van der Waals surface area contributed by atoms with Crippen molar-refractivity contribution in [2.45, 2.75) is 32.1 Å². The second kappa shape index (κ2) is 7.51. The Kier molecular flexibility index (Phi) is 5.99. The van der Waals surface area contributed by atoms with E-state index in [1.165, 1.54) is 20.3 Å². The third kappa shape index (κ3) is 4.69. The molecule has 0 heterocycles. The molecule has 0 aliphatic heterocycles. The number of carbonyl (C=O) groups is 3.